The first-order chi connectivity index (χ1) is 8.47. The Morgan fingerprint density at radius 2 is 2.17 bits per heavy atom. The number of hydrogen-bond donors (Lipinski definition) is 1. The molecule has 0 radical (unpaired) electrons. The van der Waals surface area contributed by atoms with Gasteiger partial charge in [0.15, 0.2) is 0 Å². The zero-order valence-corrected chi connectivity index (χ0v) is 13.5. The largest absolute Gasteiger partial charge is 0.342 e. The van der Waals surface area contributed by atoms with E-state index in [4.69, 9.17) is 0 Å². The van der Waals surface area contributed by atoms with Crippen LogP contribution >= 0.6 is 38.6 Å². The van der Waals surface area contributed by atoms with Crippen LogP contribution in [-0.2, 0) is 0 Å². The average molecular weight is 345 g/mol. The molecule has 6 heteroatoms. The molecule has 18 heavy (non-hydrogen) atoms. The van der Waals surface area contributed by atoms with Crippen LogP contribution in [0.3, 0.4) is 0 Å². The number of rotatable bonds is 3. The lowest BCUT2D eigenvalue weighted by Crippen LogP contribution is -2.25. The van der Waals surface area contributed by atoms with Crippen molar-refractivity contribution >= 4 is 44.5 Å². The van der Waals surface area contributed by atoms with Crippen molar-refractivity contribution in [3.8, 4) is 0 Å². The van der Waals surface area contributed by atoms with E-state index >= 15 is 0 Å². The number of carbonyl (C=O) groups excluding carboxylic acids is 1. The summed E-state index contributed by atoms with van der Waals surface area (Å²) in [4.78, 5) is 18.2. The van der Waals surface area contributed by atoms with Crippen LogP contribution in [0.2, 0.25) is 0 Å². The minimum atomic E-state index is -0.0580. The van der Waals surface area contributed by atoms with E-state index in [0.29, 0.717) is 0 Å². The number of amides is 1. The molecule has 96 valence electrons. The lowest BCUT2D eigenvalue weighted by Gasteiger charge is -2.09. The first kappa shape index (κ1) is 13.7. The van der Waals surface area contributed by atoms with Gasteiger partial charge in [0.1, 0.15) is 5.01 Å². The Labute approximate surface area is 122 Å². The summed E-state index contributed by atoms with van der Waals surface area (Å²) in [5, 5.41) is 3.90. The monoisotopic (exact) mass is 344 g/mol. The van der Waals surface area contributed by atoms with Crippen LogP contribution in [-0.4, -0.2) is 10.9 Å². The summed E-state index contributed by atoms with van der Waals surface area (Å²) in [6.07, 6.45) is 1.83. The van der Waals surface area contributed by atoms with Crippen LogP contribution in [0.25, 0.3) is 0 Å². The van der Waals surface area contributed by atoms with Crippen LogP contribution in [0.1, 0.15) is 38.1 Å². The Hall–Kier alpha value is -0.720. The van der Waals surface area contributed by atoms with Gasteiger partial charge < -0.3 is 5.32 Å². The number of nitrogens with one attached hydrogen (secondary N) is 1. The minimum absolute atomic E-state index is 0.0471. The van der Waals surface area contributed by atoms with Crippen molar-refractivity contribution in [2.75, 3.05) is 0 Å². The second-order valence-electron chi connectivity index (χ2n) is 4.07. The van der Waals surface area contributed by atoms with Crippen molar-refractivity contribution < 1.29 is 4.79 Å². The third kappa shape index (κ3) is 2.99. The lowest BCUT2D eigenvalue weighted by molar-refractivity contribution is 0.0944. The summed E-state index contributed by atoms with van der Waals surface area (Å²) < 4.78 is 1.00. The Kier molecular flexibility index (Phi) is 4.19. The normalized spacial score (nSPS) is 12.4. The third-order valence-corrected chi connectivity index (χ3v) is 5.67. The van der Waals surface area contributed by atoms with Gasteiger partial charge in [0.25, 0.3) is 5.91 Å². The molecule has 0 spiro atoms. The Bertz CT molecular complexity index is 557. The summed E-state index contributed by atoms with van der Waals surface area (Å²) in [6, 6.07) is 1.83. The highest BCUT2D eigenvalue weighted by Crippen LogP contribution is 2.28. The molecule has 2 rings (SSSR count). The standard InChI is InChI=1S/C12H13BrN2OS2/c1-6-4-9(18-10(6)13)11(16)15-8(3)12-14-5-7(2)17-12/h4-5,8H,1-3H3,(H,15,16). The van der Waals surface area contributed by atoms with Gasteiger partial charge in [0.2, 0.25) is 0 Å². The van der Waals surface area contributed by atoms with Crippen molar-refractivity contribution in [1.82, 2.24) is 10.3 Å². The van der Waals surface area contributed by atoms with Crippen LogP contribution < -0.4 is 5.32 Å². The second kappa shape index (κ2) is 5.50. The predicted octanol–water partition coefficient (Wildman–Crippen LogP) is 4.07. The molecule has 2 aromatic rings. The van der Waals surface area contributed by atoms with Crippen LogP contribution in [0.5, 0.6) is 0 Å². The summed E-state index contributed by atoms with van der Waals surface area (Å²) in [5.41, 5.74) is 1.09. The van der Waals surface area contributed by atoms with Gasteiger partial charge in [-0.15, -0.1) is 22.7 Å². The zero-order valence-electron chi connectivity index (χ0n) is 10.3. The highest BCUT2D eigenvalue weighted by atomic mass is 79.9. The number of hydrogen-bond acceptors (Lipinski definition) is 4. The highest BCUT2D eigenvalue weighted by Gasteiger charge is 2.16. The van der Waals surface area contributed by atoms with Crippen molar-refractivity contribution in [2.45, 2.75) is 26.8 Å². The molecule has 3 nitrogen and oxygen atoms in total. The van der Waals surface area contributed by atoms with Crippen molar-refractivity contribution in [3.63, 3.8) is 0 Å². The van der Waals surface area contributed by atoms with E-state index in [1.807, 2.05) is 33.0 Å². The Balaban J connectivity index is 2.07. The number of thiazole rings is 1. The van der Waals surface area contributed by atoms with Gasteiger partial charge in [-0.05, 0) is 48.3 Å². The molecule has 1 atom stereocenters. The third-order valence-electron chi connectivity index (χ3n) is 2.44. The molecule has 0 aliphatic rings. The van der Waals surface area contributed by atoms with Gasteiger partial charge in [-0.2, -0.15) is 0 Å². The summed E-state index contributed by atoms with van der Waals surface area (Å²) in [5.74, 6) is -0.0471. The van der Waals surface area contributed by atoms with E-state index in [1.54, 1.807) is 11.3 Å². The van der Waals surface area contributed by atoms with E-state index in [9.17, 15) is 4.79 Å². The van der Waals surface area contributed by atoms with Gasteiger partial charge in [-0.1, -0.05) is 0 Å². The second-order valence-corrected chi connectivity index (χ2v) is 7.71. The molecular formula is C12H13BrN2OS2. The van der Waals surface area contributed by atoms with Gasteiger partial charge in [0, 0.05) is 11.1 Å². The molecule has 0 aromatic carbocycles. The van der Waals surface area contributed by atoms with E-state index in [2.05, 4.69) is 26.2 Å². The molecule has 0 saturated carbocycles. The SMILES string of the molecule is Cc1cnc(C(C)NC(=O)c2cc(C)c(Br)s2)s1. The molecular weight excluding hydrogens is 332 g/mol. The molecule has 2 heterocycles. The van der Waals surface area contributed by atoms with Gasteiger partial charge in [-0.25, -0.2) is 4.98 Å². The molecule has 0 aliphatic carbocycles. The maximum absolute atomic E-state index is 12.1. The molecule has 2 aromatic heterocycles. The fraction of sp³-hybridized carbons (Fsp3) is 0.333. The van der Waals surface area contributed by atoms with Crippen LogP contribution in [0, 0.1) is 13.8 Å². The first-order valence-corrected chi connectivity index (χ1v) is 7.89. The average Bonchev–Trinajstić information content (AvgIpc) is 2.86. The number of nitrogens with zero attached hydrogens (tertiary/aromatic N) is 1. The summed E-state index contributed by atoms with van der Waals surface area (Å²) in [6.45, 7) is 5.94. The number of thiophene rings is 1. The van der Waals surface area contributed by atoms with Crippen LogP contribution in [0.15, 0.2) is 16.0 Å². The number of carbonyl (C=O) groups is 1. The van der Waals surface area contributed by atoms with Crippen LogP contribution in [0.4, 0.5) is 0 Å². The maximum Gasteiger partial charge on any atom is 0.261 e. The van der Waals surface area contributed by atoms with Gasteiger partial charge in [0.05, 0.1) is 14.7 Å². The fourth-order valence-corrected chi connectivity index (χ4v) is 3.69. The predicted molar refractivity (Wildman–Crippen MR) is 79.5 cm³/mol. The molecule has 0 bridgehead atoms. The molecule has 1 unspecified atom stereocenters. The number of halogens is 1. The van der Waals surface area contributed by atoms with E-state index in [1.165, 1.54) is 11.3 Å². The first-order valence-electron chi connectivity index (χ1n) is 5.46. The topological polar surface area (TPSA) is 42.0 Å². The molecule has 0 fully saturated rings. The minimum Gasteiger partial charge on any atom is -0.342 e. The quantitative estimate of drug-likeness (QED) is 0.911. The summed E-state index contributed by atoms with van der Waals surface area (Å²) >= 11 is 6.49. The Morgan fingerprint density at radius 3 is 2.67 bits per heavy atom. The van der Waals surface area contributed by atoms with Crippen molar-refractivity contribution in [1.29, 1.82) is 0 Å². The number of aromatic nitrogens is 1. The Morgan fingerprint density at radius 1 is 1.44 bits per heavy atom. The molecule has 1 amide bonds. The van der Waals surface area contributed by atoms with Gasteiger partial charge >= 0.3 is 0 Å². The van der Waals surface area contributed by atoms with E-state index < -0.39 is 0 Å². The molecule has 1 N–H and O–H groups in total. The van der Waals surface area contributed by atoms with E-state index in [0.717, 1.165) is 24.1 Å². The van der Waals surface area contributed by atoms with Crippen molar-refractivity contribution in [2.24, 2.45) is 0 Å². The molecule has 0 aliphatic heterocycles. The zero-order chi connectivity index (χ0) is 13.3. The fourth-order valence-electron chi connectivity index (χ4n) is 1.47. The van der Waals surface area contributed by atoms with Gasteiger partial charge in [-0.3, -0.25) is 4.79 Å². The number of aryl methyl sites for hydroxylation is 2. The smallest absolute Gasteiger partial charge is 0.261 e. The molecule has 0 saturated heterocycles. The van der Waals surface area contributed by atoms with E-state index in [-0.39, 0.29) is 11.9 Å². The lowest BCUT2D eigenvalue weighted by atomic mass is 10.3. The van der Waals surface area contributed by atoms with Crippen molar-refractivity contribution in [3.05, 3.63) is 36.4 Å². The maximum atomic E-state index is 12.1. The highest BCUT2D eigenvalue weighted by molar-refractivity contribution is 9.11. The summed E-state index contributed by atoms with van der Waals surface area (Å²) in [7, 11) is 0.